The summed E-state index contributed by atoms with van der Waals surface area (Å²) in [5.74, 6) is -0.963. The molecule has 0 aliphatic carbocycles. The lowest BCUT2D eigenvalue weighted by Gasteiger charge is -2.13. The molecule has 0 atom stereocenters. The minimum Gasteiger partial charge on any atom is -0.352 e. The second kappa shape index (κ2) is 9.44. The number of nitrogens with one attached hydrogen (secondary N) is 2. The quantitative estimate of drug-likeness (QED) is 0.381. The monoisotopic (exact) mass is 470 g/mol. The Morgan fingerprint density at radius 1 is 0.971 bits per heavy atom. The molecular formula is C26H22N4O3S. The van der Waals surface area contributed by atoms with Crippen LogP contribution >= 0.6 is 11.3 Å². The average Bonchev–Trinajstić information content (AvgIpc) is 3.60. The molecule has 34 heavy (non-hydrogen) atoms. The molecule has 0 unspecified atom stereocenters. The number of carbonyl (C=O) groups excluding carboxylic acids is 3. The summed E-state index contributed by atoms with van der Waals surface area (Å²) in [5.41, 5.74) is 3.87. The van der Waals surface area contributed by atoms with Gasteiger partial charge in [0.05, 0.1) is 22.3 Å². The molecule has 8 heteroatoms. The number of H-pyrrole nitrogens is 1. The molecule has 0 saturated carbocycles. The van der Waals surface area contributed by atoms with Gasteiger partial charge in [-0.3, -0.25) is 19.3 Å². The molecule has 3 heterocycles. The van der Waals surface area contributed by atoms with Crippen molar-refractivity contribution in [2.45, 2.75) is 12.8 Å². The average molecular weight is 471 g/mol. The maximum Gasteiger partial charge on any atom is 0.261 e. The van der Waals surface area contributed by atoms with Gasteiger partial charge in [-0.1, -0.05) is 36.4 Å². The Morgan fingerprint density at radius 3 is 2.59 bits per heavy atom. The third kappa shape index (κ3) is 4.27. The molecule has 1 aliphatic rings. The Morgan fingerprint density at radius 2 is 1.79 bits per heavy atom. The Labute approximate surface area is 200 Å². The van der Waals surface area contributed by atoms with Gasteiger partial charge in [0, 0.05) is 30.8 Å². The number of amides is 3. The zero-order valence-corrected chi connectivity index (χ0v) is 19.1. The van der Waals surface area contributed by atoms with Gasteiger partial charge in [-0.2, -0.15) is 0 Å². The third-order valence-electron chi connectivity index (χ3n) is 5.83. The fourth-order valence-electron chi connectivity index (χ4n) is 4.06. The summed E-state index contributed by atoms with van der Waals surface area (Å²) in [4.78, 5) is 48.2. The number of imidazole rings is 1. The van der Waals surface area contributed by atoms with Crippen molar-refractivity contribution >= 4 is 29.1 Å². The Bertz CT molecular complexity index is 1350. The van der Waals surface area contributed by atoms with Crippen LogP contribution in [0.25, 0.3) is 10.6 Å². The van der Waals surface area contributed by atoms with Gasteiger partial charge in [0.2, 0.25) is 0 Å². The molecule has 3 amide bonds. The van der Waals surface area contributed by atoms with E-state index in [1.165, 1.54) is 11.0 Å². The van der Waals surface area contributed by atoms with Crippen LogP contribution < -0.4 is 5.32 Å². The maximum absolute atomic E-state index is 12.9. The number of thiophene rings is 1. The van der Waals surface area contributed by atoms with E-state index < -0.39 is 0 Å². The summed E-state index contributed by atoms with van der Waals surface area (Å²) in [5, 5.41) is 4.89. The van der Waals surface area contributed by atoms with Gasteiger partial charge in [0.1, 0.15) is 5.69 Å². The summed E-state index contributed by atoms with van der Waals surface area (Å²) in [6.07, 6.45) is 2.83. The van der Waals surface area contributed by atoms with Crippen LogP contribution in [0.15, 0.2) is 72.4 Å². The van der Waals surface area contributed by atoms with Crippen LogP contribution in [0.5, 0.6) is 0 Å². The third-order valence-corrected chi connectivity index (χ3v) is 6.71. The summed E-state index contributed by atoms with van der Waals surface area (Å²) < 4.78 is 0. The van der Waals surface area contributed by atoms with E-state index in [0.29, 0.717) is 37.1 Å². The van der Waals surface area contributed by atoms with Crippen molar-refractivity contribution in [1.82, 2.24) is 20.2 Å². The van der Waals surface area contributed by atoms with E-state index in [-0.39, 0.29) is 23.3 Å². The fourth-order valence-corrected chi connectivity index (χ4v) is 4.81. The molecule has 1 aliphatic heterocycles. The number of hydrogen-bond donors (Lipinski definition) is 2. The van der Waals surface area contributed by atoms with E-state index in [2.05, 4.69) is 15.3 Å². The maximum atomic E-state index is 12.9. The minimum absolute atomic E-state index is 0.277. The lowest BCUT2D eigenvalue weighted by atomic mass is 10.1. The van der Waals surface area contributed by atoms with Crippen molar-refractivity contribution in [2.24, 2.45) is 0 Å². The van der Waals surface area contributed by atoms with E-state index in [4.69, 9.17) is 0 Å². The molecule has 0 fully saturated rings. The minimum atomic E-state index is -0.358. The highest BCUT2D eigenvalue weighted by Crippen LogP contribution is 2.26. The standard InChI is InChI=1S/C26H22N4O3S/c31-24(27-12-10-21-23(29-16-28-21)22-7-4-14-34-22)18-8-9-19-20(15-18)26(33)30(25(19)32)13-11-17-5-2-1-3-6-17/h1-9,14-16H,10-13H2,(H,27,31)(H,28,29). The van der Waals surface area contributed by atoms with E-state index in [9.17, 15) is 14.4 Å². The van der Waals surface area contributed by atoms with Crippen molar-refractivity contribution in [3.05, 3.63) is 100 Å². The predicted octanol–water partition coefficient (Wildman–Crippen LogP) is 3.95. The molecule has 5 rings (SSSR count). The first-order valence-corrected chi connectivity index (χ1v) is 11.9. The first-order valence-electron chi connectivity index (χ1n) is 11.0. The van der Waals surface area contributed by atoms with E-state index in [1.807, 2.05) is 47.8 Å². The van der Waals surface area contributed by atoms with Gasteiger partial charge in [-0.25, -0.2) is 4.98 Å². The highest BCUT2D eigenvalue weighted by Gasteiger charge is 2.35. The zero-order chi connectivity index (χ0) is 23.5. The number of fused-ring (bicyclic) bond motifs is 1. The number of aromatic amines is 1. The highest BCUT2D eigenvalue weighted by atomic mass is 32.1. The fraction of sp³-hybridized carbons (Fsp3) is 0.154. The molecule has 2 N–H and O–H groups in total. The van der Waals surface area contributed by atoms with Crippen molar-refractivity contribution in [3.63, 3.8) is 0 Å². The number of aromatic nitrogens is 2. The van der Waals surface area contributed by atoms with Crippen molar-refractivity contribution < 1.29 is 14.4 Å². The number of benzene rings is 2. The van der Waals surface area contributed by atoms with Gasteiger partial charge in [0.25, 0.3) is 17.7 Å². The molecule has 2 aromatic carbocycles. The lowest BCUT2D eigenvalue weighted by molar-refractivity contribution is 0.0656. The Hall–Kier alpha value is -4.04. The molecule has 2 aromatic heterocycles. The molecule has 0 saturated heterocycles. The van der Waals surface area contributed by atoms with Crippen molar-refractivity contribution in [2.75, 3.05) is 13.1 Å². The van der Waals surface area contributed by atoms with Crippen molar-refractivity contribution in [1.29, 1.82) is 0 Å². The SMILES string of the molecule is O=C(NCCc1[nH]cnc1-c1cccs1)c1ccc2c(c1)C(=O)N(CCc1ccccc1)C2=O. The smallest absolute Gasteiger partial charge is 0.261 e. The van der Waals surface area contributed by atoms with E-state index in [1.54, 1.807) is 29.8 Å². The Balaban J connectivity index is 1.22. The van der Waals surface area contributed by atoms with Gasteiger partial charge in [-0.15, -0.1) is 11.3 Å². The van der Waals surface area contributed by atoms with Crippen LogP contribution in [-0.2, 0) is 12.8 Å². The molecule has 0 spiro atoms. The summed E-state index contributed by atoms with van der Waals surface area (Å²) in [6, 6.07) is 18.4. The van der Waals surface area contributed by atoms with Crippen LogP contribution in [0.4, 0.5) is 0 Å². The normalized spacial score (nSPS) is 12.8. The van der Waals surface area contributed by atoms with Gasteiger partial charge < -0.3 is 10.3 Å². The molecule has 170 valence electrons. The number of nitrogens with zero attached hydrogens (tertiary/aromatic N) is 2. The number of hydrogen-bond acceptors (Lipinski definition) is 5. The van der Waals surface area contributed by atoms with Gasteiger partial charge >= 0.3 is 0 Å². The van der Waals surface area contributed by atoms with Crippen LogP contribution in [0.2, 0.25) is 0 Å². The molecule has 4 aromatic rings. The first-order chi connectivity index (χ1) is 16.6. The summed E-state index contributed by atoms with van der Waals surface area (Å²) >= 11 is 1.61. The van der Waals surface area contributed by atoms with Crippen LogP contribution in [-0.4, -0.2) is 45.7 Å². The van der Waals surface area contributed by atoms with Crippen LogP contribution in [0, 0.1) is 0 Å². The summed E-state index contributed by atoms with van der Waals surface area (Å²) in [7, 11) is 0. The highest BCUT2D eigenvalue weighted by molar-refractivity contribution is 7.13. The second-order valence-electron chi connectivity index (χ2n) is 7.97. The van der Waals surface area contributed by atoms with Gasteiger partial charge in [-0.05, 0) is 41.6 Å². The van der Waals surface area contributed by atoms with Crippen molar-refractivity contribution in [3.8, 4) is 10.6 Å². The van der Waals surface area contributed by atoms with Crippen LogP contribution in [0.1, 0.15) is 42.3 Å². The zero-order valence-electron chi connectivity index (χ0n) is 18.3. The molecule has 7 nitrogen and oxygen atoms in total. The molecular weight excluding hydrogens is 448 g/mol. The molecule has 0 bridgehead atoms. The predicted molar refractivity (Wildman–Crippen MR) is 130 cm³/mol. The van der Waals surface area contributed by atoms with Gasteiger partial charge in [0.15, 0.2) is 0 Å². The van der Waals surface area contributed by atoms with E-state index in [0.717, 1.165) is 21.8 Å². The van der Waals surface area contributed by atoms with E-state index >= 15 is 0 Å². The largest absolute Gasteiger partial charge is 0.352 e. The molecule has 0 radical (unpaired) electrons. The number of imide groups is 1. The topological polar surface area (TPSA) is 95.2 Å². The summed E-state index contributed by atoms with van der Waals surface area (Å²) in [6.45, 7) is 0.710. The van der Waals surface area contributed by atoms with Crippen LogP contribution in [0.3, 0.4) is 0 Å². The Kier molecular flexibility index (Phi) is 6.05. The second-order valence-corrected chi connectivity index (χ2v) is 8.92. The lowest BCUT2D eigenvalue weighted by Crippen LogP contribution is -2.31. The number of rotatable bonds is 8. The number of carbonyl (C=O) groups is 3. The first kappa shape index (κ1) is 21.8.